The molecule has 0 saturated heterocycles. The summed E-state index contributed by atoms with van der Waals surface area (Å²) in [6.45, 7) is 0.0250. The summed E-state index contributed by atoms with van der Waals surface area (Å²) in [5, 5.41) is 11.8. The van der Waals surface area contributed by atoms with Crippen LogP contribution in [0.1, 0.15) is 21.7 Å². The number of hydrogen-bond donors (Lipinski definition) is 2. The minimum atomic E-state index is -0.321. The highest BCUT2D eigenvalue weighted by atomic mass is 32.1. The Morgan fingerprint density at radius 3 is 3.14 bits per heavy atom. The quantitative estimate of drug-likeness (QED) is 0.837. The molecular formula is C14H13N3O3S. The molecule has 2 aromatic rings. The van der Waals surface area contributed by atoms with Gasteiger partial charge in [0.05, 0.1) is 36.6 Å². The molecule has 2 aromatic heterocycles. The number of nitrogens with one attached hydrogen (secondary N) is 1. The summed E-state index contributed by atoms with van der Waals surface area (Å²) in [6.07, 6.45) is 4.98. The number of nitrogens with zero attached hydrogens (tertiary/aromatic N) is 2. The van der Waals surface area contributed by atoms with Gasteiger partial charge in [-0.15, -0.1) is 0 Å². The molecule has 0 atom stereocenters. The number of amides is 1. The van der Waals surface area contributed by atoms with Gasteiger partial charge in [-0.05, 0) is 6.07 Å². The lowest BCUT2D eigenvalue weighted by atomic mass is 10.2. The Bertz CT molecular complexity index is 688. The Kier molecular flexibility index (Phi) is 5.26. The van der Waals surface area contributed by atoms with E-state index >= 15 is 0 Å². The van der Waals surface area contributed by atoms with Crippen LogP contribution in [0.5, 0.6) is 5.75 Å². The van der Waals surface area contributed by atoms with Crippen molar-refractivity contribution in [1.82, 2.24) is 9.97 Å². The van der Waals surface area contributed by atoms with E-state index in [4.69, 9.17) is 9.84 Å². The molecule has 108 valence electrons. The Morgan fingerprint density at radius 2 is 2.38 bits per heavy atom. The van der Waals surface area contributed by atoms with E-state index in [1.165, 1.54) is 30.8 Å². The van der Waals surface area contributed by atoms with E-state index in [0.29, 0.717) is 22.9 Å². The molecule has 0 aromatic carbocycles. The van der Waals surface area contributed by atoms with Gasteiger partial charge in [-0.3, -0.25) is 15.1 Å². The van der Waals surface area contributed by atoms with Gasteiger partial charge in [0.15, 0.2) is 5.13 Å². The van der Waals surface area contributed by atoms with E-state index in [1.54, 1.807) is 12.3 Å². The molecule has 0 aliphatic rings. The molecule has 0 aliphatic heterocycles. The van der Waals surface area contributed by atoms with E-state index in [1.807, 2.05) is 0 Å². The number of thiazole rings is 1. The van der Waals surface area contributed by atoms with Crippen LogP contribution in [0.25, 0.3) is 0 Å². The van der Waals surface area contributed by atoms with Gasteiger partial charge in [0.25, 0.3) is 5.91 Å². The van der Waals surface area contributed by atoms with Crippen LogP contribution in [-0.4, -0.2) is 34.7 Å². The number of carbonyl (C=O) groups is 1. The van der Waals surface area contributed by atoms with E-state index in [2.05, 4.69) is 27.1 Å². The van der Waals surface area contributed by atoms with Crippen LogP contribution in [0.3, 0.4) is 0 Å². The Labute approximate surface area is 125 Å². The highest BCUT2D eigenvalue weighted by Gasteiger charge is 2.13. The molecule has 0 radical (unpaired) electrons. The lowest BCUT2D eigenvalue weighted by Crippen LogP contribution is -2.13. The van der Waals surface area contributed by atoms with Crippen molar-refractivity contribution in [3.8, 4) is 17.6 Å². The van der Waals surface area contributed by atoms with Crippen LogP contribution < -0.4 is 10.1 Å². The Balaban J connectivity index is 2.08. The van der Waals surface area contributed by atoms with Crippen molar-refractivity contribution in [3.05, 3.63) is 35.1 Å². The summed E-state index contributed by atoms with van der Waals surface area (Å²) < 4.78 is 5.09. The van der Waals surface area contributed by atoms with Gasteiger partial charge in [0, 0.05) is 12.6 Å². The number of aromatic nitrogens is 2. The normalized spacial score (nSPS) is 9.62. The first kappa shape index (κ1) is 15.0. The second-order valence-electron chi connectivity index (χ2n) is 3.84. The number of hydrogen-bond acceptors (Lipinski definition) is 6. The topological polar surface area (TPSA) is 84.3 Å². The molecule has 0 spiro atoms. The fourth-order valence-electron chi connectivity index (χ4n) is 1.49. The molecule has 0 fully saturated rings. The molecule has 2 rings (SSSR count). The first-order valence-electron chi connectivity index (χ1n) is 6.09. The van der Waals surface area contributed by atoms with Crippen molar-refractivity contribution in [2.24, 2.45) is 0 Å². The zero-order chi connectivity index (χ0) is 15.1. The maximum absolute atomic E-state index is 12.1. The first-order valence-corrected chi connectivity index (χ1v) is 6.91. The third-order valence-electron chi connectivity index (χ3n) is 2.42. The predicted octanol–water partition coefficient (Wildman–Crippen LogP) is 1.53. The molecular weight excluding hydrogens is 290 g/mol. The molecule has 0 saturated carbocycles. The largest absolute Gasteiger partial charge is 0.494 e. The molecule has 7 heteroatoms. The predicted molar refractivity (Wildman–Crippen MR) is 79.4 cm³/mol. The van der Waals surface area contributed by atoms with E-state index in [9.17, 15) is 4.79 Å². The van der Waals surface area contributed by atoms with Gasteiger partial charge in [-0.2, -0.15) is 0 Å². The van der Waals surface area contributed by atoms with E-state index in [-0.39, 0.29) is 12.5 Å². The third-order valence-corrected chi connectivity index (χ3v) is 3.25. The molecule has 0 bridgehead atoms. The number of anilines is 1. The van der Waals surface area contributed by atoms with Crippen LogP contribution in [0, 0.1) is 11.8 Å². The van der Waals surface area contributed by atoms with Gasteiger partial charge < -0.3 is 9.84 Å². The molecule has 21 heavy (non-hydrogen) atoms. The van der Waals surface area contributed by atoms with Gasteiger partial charge in [0.2, 0.25) is 0 Å². The summed E-state index contributed by atoms with van der Waals surface area (Å²) in [5.74, 6) is 5.74. The van der Waals surface area contributed by atoms with Gasteiger partial charge in [-0.1, -0.05) is 23.2 Å². The minimum absolute atomic E-state index is 0.0250. The number of aliphatic hydroxyl groups is 1. The van der Waals surface area contributed by atoms with Crippen LogP contribution in [-0.2, 0) is 0 Å². The second-order valence-corrected chi connectivity index (χ2v) is 4.87. The van der Waals surface area contributed by atoms with Crippen molar-refractivity contribution < 1.29 is 14.6 Å². The standard InChI is InChI=1S/C14H13N3O3S/c1-20-12-9-15-6-5-11(12)13(19)17-14-16-8-10(21-14)4-2-3-7-18/h5-6,8-9,18H,3,7H2,1H3,(H,16,17,19). The average Bonchev–Trinajstić information content (AvgIpc) is 2.95. The average molecular weight is 303 g/mol. The number of rotatable bonds is 4. The summed E-state index contributed by atoms with van der Waals surface area (Å²) >= 11 is 1.27. The lowest BCUT2D eigenvalue weighted by molar-refractivity contribution is 0.102. The first-order chi connectivity index (χ1) is 10.2. The van der Waals surface area contributed by atoms with Crippen LogP contribution in [0.4, 0.5) is 5.13 Å². The van der Waals surface area contributed by atoms with Crippen molar-refractivity contribution in [2.75, 3.05) is 19.0 Å². The Hall–Kier alpha value is -2.43. The third kappa shape index (κ3) is 4.02. The van der Waals surface area contributed by atoms with Gasteiger partial charge in [-0.25, -0.2) is 4.98 Å². The molecule has 6 nitrogen and oxygen atoms in total. The number of pyridine rings is 1. The highest BCUT2D eigenvalue weighted by molar-refractivity contribution is 7.16. The second kappa shape index (κ2) is 7.38. The van der Waals surface area contributed by atoms with Crippen molar-refractivity contribution >= 4 is 22.4 Å². The van der Waals surface area contributed by atoms with Crippen molar-refractivity contribution in [2.45, 2.75) is 6.42 Å². The maximum atomic E-state index is 12.1. The summed E-state index contributed by atoms with van der Waals surface area (Å²) in [6, 6.07) is 1.57. The van der Waals surface area contributed by atoms with Crippen LogP contribution in [0.15, 0.2) is 24.7 Å². The molecule has 1 amide bonds. The van der Waals surface area contributed by atoms with E-state index in [0.717, 1.165) is 4.88 Å². The fraction of sp³-hybridized carbons (Fsp3) is 0.214. The maximum Gasteiger partial charge on any atom is 0.261 e. The van der Waals surface area contributed by atoms with Crippen LogP contribution in [0.2, 0.25) is 0 Å². The number of methoxy groups -OCH3 is 1. The molecule has 0 unspecified atom stereocenters. The van der Waals surface area contributed by atoms with Gasteiger partial charge >= 0.3 is 0 Å². The summed E-state index contributed by atoms with van der Waals surface area (Å²) in [5.41, 5.74) is 0.385. The number of ether oxygens (including phenoxy) is 1. The van der Waals surface area contributed by atoms with Crippen molar-refractivity contribution in [3.63, 3.8) is 0 Å². The SMILES string of the molecule is COc1cnccc1C(=O)Nc1ncc(C#CCCO)s1. The zero-order valence-electron chi connectivity index (χ0n) is 11.3. The van der Waals surface area contributed by atoms with Crippen LogP contribution >= 0.6 is 11.3 Å². The van der Waals surface area contributed by atoms with Gasteiger partial charge in [0.1, 0.15) is 5.75 Å². The van der Waals surface area contributed by atoms with E-state index < -0.39 is 0 Å². The fourth-order valence-corrected chi connectivity index (χ4v) is 2.18. The Morgan fingerprint density at radius 1 is 1.52 bits per heavy atom. The minimum Gasteiger partial charge on any atom is -0.494 e. The number of aliphatic hydroxyl groups excluding tert-OH is 1. The number of carbonyl (C=O) groups excluding carboxylic acids is 1. The van der Waals surface area contributed by atoms with Crippen molar-refractivity contribution in [1.29, 1.82) is 0 Å². The molecule has 0 aliphatic carbocycles. The molecule has 2 N–H and O–H groups in total. The summed E-state index contributed by atoms with van der Waals surface area (Å²) in [4.78, 5) is 20.8. The lowest BCUT2D eigenvalue weighted by Gasteiger charge is -2.06. The monoisotopic (exact) mass is 303 g/mol. The highest BCUT2D eigenvalue weighted by Crippen LogP contribution is 2.21. The zero-order valence-corrected chi connectivity index (χ0v) is 12.1. The smallest absolute Gasteiger partial charge is 0.261 e. The molecule has 2 heterocycles. The summed E-state index contributed by atoms with van der Waals surface area (Å²) in [7, 11) is 1.48.